The van der Waals surface area contributed by atoms with E-state index in [2.05, 4.69) is 5.32 Å². The summed E-state index contributed by atoms with van der Waals surface area (Å²) in [6.45, 7) is 5.51. The highest BCUT2D eigenvalue weighted by Gasteiger charge is 2.27. The SMILES string of the molecule is CCC(OC1CCCCC1)C(=O)N1CCNCC1.Cl. The molecule has 2 rings (SSSR count). The molecule has 1 N–H and O–H groups in total. The van der Waals surface area contributed by atoms with Gasteiger partial charge in [0, 0.05) is 26.2 Å². The van der Waals surface area contributed by atoms with E-state index in [4.69, 9.17) is 4.74 Å². The predicted molar refractivity (Wildman–Crippen MR) is 78.7 cm³/mol. The monoisotopic (exact) mass is 290 g/mol. The minimum absolute atomic E-state index is 0. The molecule has 0 aromatic heterocycles. The molecule has 2 aliphatic rings. The standard InChI is InChI=1S/C14H26N2O2.ClH/c1-2-13(18-12-6-4-3-5-7-12)14(17)16-10-8-15-9-11-16;/h12-13,15H,2-11H2,1H3;1H. The molecular formula is C14H27ClN2O2. The first kappa shape index (κ1) is 16.7. The summed E-state index contributed by atoms with van der Waals surface area (Å²) in [5.41, 5.74) is 0. The van der Waals surface area contributed by atoms with Crippen LogP contribution in [0, 0.1) is 0 Å². The van der Waals surface area contributed by atoms with Crippen LogP contribution >= 0.6 is 12.4 Å². The molecule has 1 heterocycles. The van der Waals surface area contributed by atoms with Crippen molar-refractivity contribution in [3.05, 3.63) is 0 Å². The van der Waals surface area contributed by atoms with E-state index in [1.54, 1.807) is 0 Å². The van der Waals surface area contributed by atoms with Crippen LogP contribution in [0.15, 0.2) is 0 Å². The van der Waals surface area contributed by atoms with E-state index < -0.39 is 0 Å². The van der Waals surface area contributed by atoms with Gasteiger partial charge in [-0.25, -0.2) is 0 Å². The van der Waals surface area contributed by atoms with Crippen LogP contribution in [-0.2, 0) is 9.53 Å². The number of hydrogen-bond acceptors (Lipinski definition) is 3. The lowest BCUT2D eigenvalue weighted by Crippen LogP contribution is -2.50. The Morgan fingerprint density at radius 2 is 1.89 bits per heavy atom. The van der Waals surface area contributed by atoms with Crippen LogP contribution in [0.3, 0.4) is 0 Å². The van der Waals surface area contributed by atoms with E-state index in [1.807, 2.05) is 11.8 Å². The van der Waals surface area contributed by atoms with Gasteiger partial charge in [-0.15, -0.1) is 12.4 Å². The third-order valence-electron chi connectivity index (χ3n) is 3.98. The molecule has 19 heavy (non-hydrogen) atoms. The van der Waals surface area contributed by atoms with Gasteiger partial charge in [0.1, 0.15) is 6.10 Å². The summed E-state index contributed by atoms with van der Waals surface area (Å²) < 4.78 is 6.04. The van der Waals surface area contributed by atoms with Crippen molar-refractivity contribution in [3.63, 3.8) is 0 Å². The molecular weight excluding hydrogens is 264 g/mol. The molecule has 0 bridgehead atoms. The molecule has 5 heteroatoms. The zero-order valence-corrected chi connectivity index (χ0v) is 12.7. The van der Waals surface area contributed by atoms with Gasteiger partial charge >= 0.3 is 0 Å². The summed E-state index contributed by atoms with van der Waals surface area (Å²) in [6.07, 6.45) is 6.98. The van der Waals surface area contributed by atoms with Gasteiger partial charge in [-0.3, -0.25) is 4.79 Å². The summed E-state index contributed by atoms with van der Waals surface area (Å²) in [5, 5.41) is 3.27. The summed E-state index contributed by atoms with van der Waals surface area (Å²) in [6, 6.07) is 0. The minimum atomic E-state index is -0.216. The molecule has 1 saturated carbocycles. The smallest absolute Gasteiger partial charge is 0.251 e. The van der Waals surface area contributed by atoms with Gasteiger partial charge in [-0.2, -0.15) is 0 Å². The molecule has 1 aliphatic heterocycles. The highest BCUT2D eigenvalue weighted by molar-refractivity contribution is 5.85. The topological polar surface area (TPSA) is 41.6 Å². The highest BCUT2D eigenvalue weighted by atomic mass is 35.5. The Morgan fingerprint density at radius 3 is 2.47 bits per heavy atom. The van der Waals surface area contributed by atoms with Crippen molar-refractivity contribution in [1.82, 2.24) is 10.2 Å². The van der Waals surface area contributed by atoms with E-state index in [0.29, 0.717) is 6.10 Å². The lowest BCUT2D eigenvalue weighted by Gasteiger charge is -2.33. The maximum absolute atomic E-state index is 12.4. The molecule has 1 amide bonds. The largest absolute Gasteiger partial charge is 0.365 e. The van der Waals surface area contributed by atoms with Gasteiger partial charge in [0.2, 0.25) is 0 Å². The number of hydrogen-bond donors (Lipinski definition) is 1. The summed E-state index contributed by atoms with van der Waals surface area (Å²) >= 11 is 0. The molecule has 1 unspecified atom stereocenters. The lowest BCUT2D eigenvalue weighted by atomic mass is 9.97. The van der Waals surface area contributed by atoms with Crippen molar-refractivity contribution in [3.8, 4) is 0 Å². The Labute approximate surface area is 122 Å². The third-order valence-corrected chi connectivity index (χ3v) is 3.98. The van der Waals surface area contributed by atoms with E-state index in [9.17, 15) is 4.79 Å². The van der Waals surface area contributed by atoms with Crippen molar-refractivity contribution in [2.24, 2.45) is 0 Å². The van der Waals surface area contributed by atoms with E-state index in [1.165, 1.54) is 19.3 Å². The van der Waals surface area contributed by atoms with Crippen LogP contribution in [-0.4, -0.2) is 49.2 Å². The molecule has 112 valence electrons. The summed E-state index contributed by atoms with van der Waals surface area (Å²) in [7, 11) is 0. The Bertz CT molecular complexity index is 264. The summed E-state index contributed by atoms with van der Waals surface area (Å²) in [4.78, 5) is 14.3. The molecule has 0 spiro atoms. The van der Waals surface area contributed by atoms with Crippen LogP contribution in [0.2, 0.25) is 0 Å². The van der Waals surface area contributed by atoms with Gasteiger partial charge < -0.3 is 15.0 Å². The van der Waals surface area contributed by atoms with Gasteiger partial charge in [-0.05, 0) is 19.3 Å². The number of nitrogens with one attached hydrogen (secondary N) is 1. The van der Waals surface area contributed by atoms with E-state index >= 15 is 0 Å². The predicted octanol–water partition coefficient (Wildman–Crippen LogP) is 1.97. The molecule has 4 nitrogen and oxygen atoms in total. The molecule has 2 fully saturated rings. The number of ether oxygens (including phenoxy) is 1. The second-order valence-electron chi connectivity index (χ2n) is 5.37. The maximum Gasteiger partial charge on any atom is 0.251 e. The normalized spacial score (nSPS) is 22.7. The van der Waals surface area contributed by atoms with Gasteiger partial charge in [0.15, 0.2) is 0 Å². The number of nitrogens with zero attached hydrogens (tertiary/aromatic N) is 1. The van der Waals surface area contributed by atoms with Crippen LogP contribution in [0.5, 0.6) is 0 Å². The maximum atomic E-state index is 12.4. The third kappa shape index (κ3) is 4.93. The first-order valence-corrected chi connectivity index (χ1v) is 7.46. The van der Waals surface area contributed by atoms with Crippen LogP contribution in [0.25, 0.3) is 0 Å². The number of carbonyl (C=O) groups excluding carboxylic acids is 1. The second kappa shape index (κ2) is 8.77. The Morgan fingerprint density at radius 1 is 1.26 bits per heavy atom. The first-order valence-electron chi connectivity index (χ1n) is 7.46. The van der Waals surface area contributed by atoms with Crippen LogP contribution < -0.4 is 5.32 Å². The van der Waals surface area contributed by atoms with Crippen molar-refractivity contribution < 1.29 is 9.53 Å². The average molecular weight is 291 g/mol. The molecule has 1 atom stereocenters. The molecule has 0 aromatic carbocycles. The quantitative estimate of drug-likeness (QED) is 0.861. The molecule has 0 radical (unpaired) electrons. The van der Waals surface area contributed by atoms with Gasteiger partial charge in [-0.1, -0.05) is 26.2 Å². The van der Waals surface area contributed by atoms with E-state index in [-0.39, 0.29) is 24.4 Å². The number of amides is 1. The lowest BCUT2D eigenvalue weighted by molar-refractivity contribution is -0.149. The minimum Gasteiger partial charge on any atom is -0.365 e. The second-order valence-corrected chi connectivity index (χ2v) is 5.37. The van der Waals surface area contributed by atoms with E-state index in [0.717, 1.165) is 45.4 Å². The van der Waals surface area contributed by atoms with Crippen molar-refractivity contribution in [1.29, 1.82) is 0 Å². The van der Waals surface area contributed by atoms with Crippen molar-refractivity contribution in [2.75, 3.05) is 26.2 Å². The summed E-state index contributed by atoms with van der Waals surface area (Å²) in [5.74, 6) is 0.199. The fraction of sp³-hybridized carbons (Fsp3) is 0.929. The number of halogens is 1. The van der Waals surface area contributed by atoms with Crippen LogP contribution in [0.4, 0.5) is 0 Å². The number of carbonyl (C=O) groups is 1. The molecule has 1 saturated heterocycles. The van der Waals surface area contributed by atoms with Crippen molar-refractivity contribution in [2.45, 2.75) is 57.7 Å². The Hall–Kier alpha value is -0.320. The molecule has 0 aromatic rings. The van der Waals surface area contributed by atoms with Crippen molar-refractivity contribution >= 4 is 18.3 Å². The number of rotatable bonds is 4. The average Bonchev–Trinajstić information content (AvgIpc) is 2.46. The van der Waals surface area contributed by atoms with Gasteiger partial charge in [0.25, 0.3) is 5.91 Å². The first-order chi connectivity index (χ1) is 8.81. The Balaban J connectivity index is 0.00000180. The molecule has 1 aliphatic carbocycles. The Kier molecular flexibility index (Phi) is 7.73. The zero-order chi connectivity index (χ0) is 12.8. The fourth-order valence-corrected chi connectivity index (χ4v) is 2.85. The number of piperazine rings is 1. The fourth-order valence-electron chi connectivity index (χ4n) is 2.85. The van der Waals surface area contributed by atoms with Crippen LogP contribution in [0.1, 0.15) is 45.4 Å². The zero-order valence-electron chi connectivity index (χ0n) is 11.9. The highest BCUT2D eigenvalue weighted by Crippen LogP contribution is 2.22. The van der Waals surface area contributed by atoms with Gasteiger partial charge in [0.05, 0.1) is 6.10 Å².